The third-order valence-electron chi connectivity index (χ3n) is 2.38. The fraction of sp³-hybridized carbons (Fsp3) is 0.231. The summed E-state index contributed by atoms with van der Waals surface area (Å²) in [6, 6.07) is 10.7. The summed E-state index contributed by atoms with van der Waals surface area (Å²) in [6.07, 6.45) is 0. The Labute approximate surface area is 109 Å². The smallest absolute Gasteiger partial charge is 0.313 e. The third-order valence-corrected chi connectivity index (χ3v) is 3.03. The molecule has 0 bridgehead atoms. The third kappa shape index (κ3) is 2.56. The van der Waals surface area contributed by atoms with Crippen LogP contribution in [-0.2, 0) is 0 Å². The SMILES string of the molecule is CC(C)SOc1c([N+](=O)[O-])ccc2ccccc12. The van der Waals surface area contributed by atoms with Gasteiger partial charge in [-0.05, 0) is 11.5 Å². The second kappa shape index (κ2) is 5.27. The van der Waals surface area contributed by atoms with Gasteiger partial charge in [-0.2, -0.15) is 0 Å². The van der Waals surface area contributed by atoms with E-state index in [0.29, 0.717) is 5.75 Å². The molecule has 4 nitrogen and oxygen atoms in total. The maximum atomic E-state index is 11.0. The van der Waals surface area contributed by atoms with E-state index in [1.54, 1.807) is 6.07 Å². The molecule has 2 aromatic rings. The summed E-state index contributed by atoms with van der Waals surface area (Å²) >= 11 is 1.23. The van der Waals surface area contributed by atoms with E-state index in [0.717, 1.165) is 10.8 Å². The summed E-state index contributed by atoms with van der Waals surface area (Å²) in [4.78, 5) is 10.6. The Morgan fingerprint density at radius 3 is 2.61 bits per heavy atom. The lowest BCUT2D eigenvalue weighted by molar-refractivity contribution is -0.385. The Hall–Kier alpha value is -1.75. The van der Waals surface area contributed by atoms with Gasteiger partial charge in [-0.1, -0.05) is 38.1 Å². The Morgan fingerprint density at radius 2 is 1.94 bits per heavy atom. The zero-order chi connectivity index (χ0) is 13.1. The summed E-state index contributed by atoms with van der Waals surface area (Å²) in [7, 11) is 0. The van der Waals surface area contributed by atoms with Crippen molar-refractivity contribution in [2.24, 2.45) is 0 Å². The lowest BCUT2D eigenvalue weighted by Gasteiger charge is -2.09. The fourth-order valence-corrected chi connectivity index (χ4v) is 2.07. The molecule has 0 N–H and O–H groups in total. The van der Waals surface area contributed by atoms with Gasteiger partial charge in [0.15, 0.2) is 0 Å². The Morgan fingerprint density at radius 1 is 1.22 bits per heavy atom. The first-order valence-corrected chi connectivity index (χ1v) is 6.39. The van der Waals surface area contributed by atoms with E-state index in [-0.39, 0.29) is 10.9 Å². The lowest BCUT2D eigenvalue weighted by atomic mass is 10.1. The molecule has 2 rings (SSSR count). The van der Waals surface area contributed by atoms with Gasteiger partial charge in [0.25, 0.3) is 0 Å². The molecule has 0 heterocycles. The molecule has 18 heavy (non-hydrogen) atoms. The number of benzene rings is 2. The minimum atomic E-state index is -0.414. The van der Waals surface area contributed by atoms with E-state index < -0.39 is 4.92 Å². The van der Waals surface area contributed by atoms with Crippen molar-refractivity contribution < 1.29 is 9.11 Å². The molecule has 0 fully saturated rings. The van der Waals surface area contributed by atoms with Crippen molar-refractivity contribution in [3.05, 3.63) is 46.5 Å². The zero-order valence-electron chi connectivity index (χ0n) is 10.1. The number of rotatable bonds is 4. The van der Waals surface area contributed by atoms with E-state index in [2.05, 4.69) is 0 Å². The predicted molar refractivity (Wildman–Crippen MR) is 74.0 cm³/mol. The Kier molecular flexibility index (Phi) is 3.72. The molecule has 0 spiro atoms. The molecule has 0 atom stereocenters. The normalized spacial score (nSPS) is 10.8. The molecule has 0 aliphatic rings. The summed E-state index contributed by atoms with van der Waals surface area (Å²) in [5, 5.41) is 13.0. The number of hydrogen-bond donors (Lipinski definition) is 0. The van der Waals surface area contributed by atoms with Gasteiger partial charge in [-0.25, -0.2) is 0 Å². The van der Waals surface area contributed by atoms with E-state index in [4.69, 9.17) is 4.18 Å². The molecule has 0 radical (unpaired) electrons. The molecule has 94 valence electrons. The zero-order valence-corrected chi connectivity index (χ0v) is 10.9. The minimum absolute atomic E-state index is 0.00171. The van der Waals surface area contributed by atoms with Crippen LogP contribution in [0.15, 0.2) is 36.4 Å². The van der Waals surface area contributed by atoms with Gasteiger partial charge in [-0.15, -0.1) is 0 Å². The molecule has 0 saturated heterocycles. The molecule has 0 aliphatic carbocycles. The fourth-order valence-electron chi connectivity index (χ4n) is 1.61. The first-order chi connectivity index (χ1) is 8.59. The van der Waals surface area contributed by atoms with E-state index in [1.807, 2.05) is 38.1 Å². The van der Waals surface area contributed by atoms with Crippen LogP contribution in [0.4, 0.5) is 5.69 Å². The van der Waals surface area contributed by atoms with Crippen LogP contribution >= 0.6 is 12.0 Å². The monoisotopic (exact) mass is 263 g/mol. The van der Waals surface area contributed by atoms with Crippen molar-refractivity contribution in [3.63, 3.8) is 0 Å². The van der Waals surface area contributed by atoms with Crippen LogP contribution < -0.4 is 4.18 Å². The van der Waals surface area contributed by atoms with Crippen LogP contribution in [0.5, 0.6) is 5.75 Å². The van der Waals surface area contributed by atoms with Crippen molar-refractivity contribution in [2.75, 3.05) is 0 Å². The number of nitro benzene ring substituents is 1. The Balaban J connectivity index is 2.55. The highest BCUT2D eigenvalue weighted by atomic mass is 32.2. The number of nitro groups is 1. The average Bonchev–Trinajstić information content (AvgIpc) is 2.35. The molecular weight excluding hydrogens is 250 g/mol. The Bertz CT molecular complexity index is 583. The number of hydrogen-bond acceptors (Lipinski definition) is 4. The van der Waals surface area contributed by atoms with Crippen LogP contribution in [-0.4, -0.2) is 10.2 Å². The first kappa shape index (κ1) is 12.7. The molecule has 0 amide bonds. The number of fused-ring (bicyclic) bond motifs is 1. The van der Waals surface area contributed by atoms with Crippen LogP contribution in [0.1, 0.15) is 13.8 Å². The molecule has 0 saturated carbocycles. The minimum Gasteiger partial charge on any atom is -0.418 e. The summed E-state index contributed by atoms with van der Waals surface area (Å²) in [6.45, 7) is 3.95. The van der Waals surface area contributed by atoms with Crippen LogP contribution in [0, 0.1) is 10.1 Å². The van der Waals surface area contributed by atoms with Crippen LogP contribution in [0.2, 0.25) is 0 Å². The van der Waals surface area contributed by atoms with Gasteiger partial charge in [0, 0.05) is 16.7 Å². The highest BCUT2D eigenvalue weighted by Crippen LogP contribution is 2.37. The van der Waals surface area contributed by atoms with Crippen molar-refractivity contribution in [1.29, 1.82) is 0 Å². The molecule has 0 aliphatic heterocycles. The van der Waals surface area contributed by atoms with Crippen molar-refractivity contribution in [2.45, 2.75) is 19.1 Å². The maximum absolute atomic E-state index is 11.0. The quantitative estimate of drug-likeness (QED) is 0.471. The second-order valence-electron chi connectivity index (χ2n) is 4.12. The molecule has 0 aromatic heterocycles. The standard InChI is InChI=1S/C13H13NO3S/c1-9(2)18-17-13-11-6-4-3-5-10(11)7-8-12(13)14(15)16/h3-9H,1-2H3. The van der Waals surface area contributed by atoms with Gasteiger partial charge in [0.05, 0.1) is 17.0 Å². The highest BCUT2D eigenvalue weighted by Gasteiger charge is 2.19. The highest BCUT2D eigenvalue weighted by molar-refractivity contribution is 7.95. The molecule has 0 unspecified atom stereocenters. The summed E-state index contributed by atoms with van der Waals surface area (Å²) < 4.78 is 5.55. The first-order valence-electron chi connectivity index (χ1n) is 5.59. The van der Waals surface area contributed by atoms with Gasteiger partial charge in [0.1, 0.15) is 0 Å². The van der Waals surface area contributed by atoms with Crippen molar-refractivity contribution >= 4 is 28.5 Å². The predicted octanol–water partition coefficient (Wildman–Crippen LogP) is 4.18. The molecule has 5 heteroatoms. The van der Waals surface area contributed by atoms with Gasteiger partial charge in [0.2, 0.25) is 5.75 Å². The topological polar surface area (TPSA) is 52.4 Å². The van der Waals surface area contributed by atoms with Crippen LogP contribution in [0.25, 0.3) is 10.8 Å². The lowest BCUT2D eigenvalue weighted by Crippen LogP contribution is -1.97. The van der Waals surface area contributed by atoms with Crippen molar-refractivity contribution in [1.82, 2.24) is 0 Å². The summed E-state index contributed by atoms with van der Waals surface area (Å²) in [5.74, 6) is 0.330. The van der Waals surface area contributed by atoms with Gasteiger partial charge >= 0.3 is 5.69 Å². The average molecular weight is 263 g/mol. The van der Waals surface area contributed by atoms with E-state index in [9.17, 15) is 10.1 Å². The second-order valence-corrected chi connectivity index (χ2v) is 5.42. The molecule has 2 aromatic carbocycles. The number of nitrogens with zero attached hydrogens (tertiary/aromatic N) is 1. The van der Waals surface area contributed by atoms with Crippen molar-refractivity contribution in [3.8, 4) is 5.75 Å². The molecular formula is C13H13NO3S. The largest absolute Gasteiger partial charge is 0.418 e. The van der Waals surface area contributed by atoms with Crippen LogP contribution in [0.3, 0.4) is 0 Å². The van der Waals surface area contributed by atoms with Gasteiger partial charge < -0.3 is 4.18 Å². The maximum Gasteiger partial charge on any atom is 0.313 e. The summed E-state index contributed by atoms with van der Waals surface area (Å²) in [5.41, 5.74) is 0.00171. The van der Waals surface area contributed by atoms with Gasteiger partial charge in [-0.3, -0.25) is 10.1 Å². The van der Waals surface area contributed by atoms with E-state index >= 15 is 0 Å². The van der Waals surface area contributed by atoms with E-state index in [1.165, 1.54) is 18.1 Å².